The molecule has 0 aromatic carbocycles. The van der Waals surface area contributed by atoms with E-state index in [0.717, 1.165) is 25.9 Å². The number of nitrogens with zero attached hydrogens (tertiary/aromatic N) is 2. The molecule has 1 aliphatic heterocycles. The van der Waals surface area contributed by atoms with E-state index in [2.05, 4.69) is 16.7 Å². The van der Waals surface area contributed by atoms with Gasteiger partial charge >= 0.3 is 5.97 Å². The Bertz CT molecular complexity index is 375. The molecule has 0 aromatic rings. The highest BCUT2D eigenvalue weighted by Gasteiger charge is 2.13. The molecular weight excluding hydrogens is 364 g/mol. The van der Waals surface area contributed by atoms with Gasteiger partial charge in [-0.3, -0.25) is 4.79 Å². The molecule has 0 aliphatic carbocycles. The van der Waals surface area contributed by atoms with Gasteiger partial charge in [0, 0.05) is 13.0 Å². The number of esters is 1. The molecule has 0 saturated carbocycles. The molecule has 0 atom stereocenters. The topological polar surface area (TPSA) is 53.0 Å². The van der Waals surface area contributed by atoms with Gasteiger partial charge in [-0.15, -0.1) is 0 Å². The summed E-state index contributed by atoms with van der Waals surface area (Å²) in [7, 11) is 0. The molecule has 1 N–H and O–H groups in total. The molecule has 1 heterocycles. The van der Waals surface area contributed by atoms with E-state index in [1.165, 1.54) is 90.3 Å². The minimum atomic E-state index is -0.0636. The third kappa shape index (κ3) is 15.8. The van der Waals surface area contributed by atoms with Gasteiger partial charge < -0.3 is 19.6 Å². The Morgan fingerprint density at radius 3 is 2.14 bits per heavy atom. The SMILES string of the molecule is CCCCCCCCCCCOC(=O)CCCN(CCO)CCCCN1CCC1. The Morgan fingerprint density at radius 1 is 0.862 bits per heavy atom. The van der Waals surface area contributed by atoms with Crippen molar-refractivity contribution in [1.82, 2.24) is 9.80 Å². The van der Waals surface area contributed by atoms with Crippen molar-refractivity contribution < 1.29 is 14.6 Å². The van der Waals surface area contributed by atoms with Crippen LogP contribution in [0.2, 0.25) is 0 Å². The first-order chi connectivity index (χ1) is 14.3. The monoisotopic (exact) mass is 412 g/mol. The predicted octanol–water partition coefficient (Wildman–Crippen LogP) is 4.62. The summed E-state index contributed by atoms with van der Waals surface area (Å²) in [6.07, 6.45) is 16.6. The Hall–Kier alpha value is -0.650. The molecule has 1 saturated heterocycles. The van der Waals surface area contributed by atoms with Gasteiger partial charge in [0.1, 0.15) is 0 Å². The van der Waals surface area contributed by atoms with Crippen molar-refractivity contribution in [3.8, 4) is 0 Å². The number of unbranched alkanes of at least 4 members (excludes halogenated alkanes) is 9. The first-order valence-electron chi connectivity index (χ1n) is 12.5. The summed E-state index contributed by atoms with van der Waals surface area (Å²) in [5, 5.41) is 9.25. The van der Waals surface area contributed by atoms with Crippen molar-refractivity contribution in [2.24, 2.45) is 0 Å². The molecule has 0 radical (unpaired) electrons. The molecule has 29 heavy (non-hydrogen) atoms. The van der Waals surface area contributed by atoms with Crippen LogP contribution in [0.15, 0.2) is 0 Å². The number of carbonyl (C=O) groups excluding carboxylic acids is 1. The summed E-state index contributed by atoms with van der Waals surface area (Å²) >= 11 is 0. The average molecular weight is 413 g/mol. The van der Waals surface area contributed by atoms with E-state index in [4.69, 9.17) is 4.74 Å². The van der Waals surface area contributed by atoms with E-state index in [0.29, 0.717) is 19.6 Å². The van der Waals surface area contributed by atoms with E-state index in [1.54, 1.807) is 0 Å². The van der Waals surface area contributed by atoms with Crippen LogP contribution in [0.3, 0.4) is 0 Å². The Balaban J connectivity index is 1.90. The Labute approximate surface area is 180 Å². The third-order valence-electron chi connectivity index (χ3n) is 5.93. The number of hydrogen-bond acceptors (Lipinski definition) is 5. The summed E-state index contributed by atoms with van der Waals surface area (Å²) in [5.41, 5.74) is 0. The Morgan fingerprint density at radius 2 is 1.52 bits per heavy atom. The first-order valence-corrected chi connectivity index (χ1v) is 12.5. The third-order valence-corrected chi connectivity index (χ3v) is 5.93. The lowest BCUT2D eigenvalue weighted by atomic mass is 10.1. The van der Waals surface area contributed by atoms with Crippen LogP contribution >= 0.6 is 0 Å². The van der Waals surface area contributed by atoms with Crippen LogP contribution in [-0.4, -0.2) is 73.4 Å². The number of aliphatic hydroxyl groups is 1. The van der Waals surface area contributed by atoms with Crippen LogP contribution in [0.4, 0.5) is 0 Å². The summed E-state index contributed by atoms with van der Waals surface area (Å²) in [6, 6.07) is 0. The van der Waals surface area contributed by atoms with Crippen molar-refractivity contribution in [3.63, 3.8) is 0 Å². The normalized spacial score (nSPS) is 14.3. The molecule has 0 unspecified atom stereocenters. The van der Waals surface area contributed by atoms with Gasteiger partial charge in [0.2, 0.25) is 0 Å². The first kappa shape index (κ1) is 26.4. The van der Waals surface area contributed by atoms with E-state index >= 15 is 0 Å². The molecule has 0 spiro atoms. The largest absolute Gasteiger partial charge is 0.466 e. The van der Waals surface area contributed by atoms with E-state index < -0.39 is 0 Å². The lowest BCUT2D eigenvalue weighted by molar-refractivity contribution is -0.143. The maximum absolute atomic E-state index is 11.9. The zero-order valence-electron chi connectivity index (χ0n) is 19.2. The fraction of sp³-hybridized carbons (Fsp3) is 0.958. The zero-order chi connectivity index (χ0) is 21.0. The molecule has 5 nitrogen and oxygen atoms in total. The minimum absolute atomic E-state index is 0.0636. The van der Waals surface area contributed by atoms with Gasteiger partial charge in [0.25, 0.3) is 0 Å². The van der Waals surface area contributed by atoms with Gasteiger partial charge in [-0.1, -0.05) is 58.3 Å². The van der Waals surface area contributed by atoms with Crippen LogP contribution in [0, 0.1) is 0 Å². The Kier molecular flexibility index (Phi) is 17.6. The molecule has 0 bridgehead atoms. The highest BCUT2D eigenvalue weighted by Crippen LogP contribution is 2.10. The van der Waals surface area contributed by atoms with Gasteiger partial charge in [0.05, 0.1) is 13.2 Å². The average Bonchev–Trinajstić information content (AvgIpc) is 2.67. The van der Waals surface area contributed by atoms with Crippen molar-refractivity contribution in [2.45, 2.75) is 96.8 Å². The van der Waals surface area contributed by atoms with Crippen LogP contribution < -0.4 is 0 Å². The molecule has 0 amide bonds. The zero-order valence-corrected chi connectivity index (χ0v) is 19.2. The van der Waals surface area contributed by atoms with Crippen LogP contribution in [-0.2, 0) is 9.53 Å². The quantitative estimate of drug-likeness (QED) is 0.220. The van der Waals surface area contributed by atoms with Gasteiger partial charge in [-0.2, -0.15) is 0 Å². The van der Waals surface area contributed by atoms with Crippen molar-refractivity contribution in [3.05, 3.63) is 0 Å². The van der Waals surface area contributed by atoms with Gasteiger partial charge in [0.15, 0.2) is 0 Å². The fourth-order valence-electron chi connectivity index (χ4n) is 3.87. The summed E-state index contributed by atoms with van der Waals surface area (Å²) in [6.45, 7) is 9.35. The van der Waals surface area contributed by atoms with E-state index in [-0.39, 0.29) is 12.6 Å². The molecule has 1 aliphatic rings. The second-order valence-corrected chi connectivity index (χ2v) is 8.62. The molecular formula is C24H48N2O3. The molecule has 172 valence electrons. The second kappa shape index (κ2) is 19.3. The summed E-state index contributed by atoms with van der Waals surface area (Å²) < 4.78 is 5.37. The molecule has 1 fully saturated rings. The van der Waals surface area contributed by atoms with Gasteiger partial charge in [-0.05, 0) is 64.8 Å². The lowest BCUT2D eigenvalue weighted by Crippen LogP contribution is -2.38. The molecule has 5 heteroatoms. The van der Waals surface area contributed by atoms with Crippen LogP contribution in [0.1, 0.15) is 96.8 Å². The maximum Gasteiger partial charge on any atom is 0.305 e. The number of carbonyl (C=O) groups is 1. The van der Waals surface area contributed by atoms with E-state index in [9.17, 15) is 9.90 Å². The van der Waals surface area contributed by atoms with Crippen molar-refractivity contribution in [2.75, 3.05) is 52.5 Å². The highest BCUT2D eigenvalue weighted by molar-refractivity contribution is 5.69. The second-order valence-electron chi connectivity index (χ2n) is 8.62. The van der Waals surface area contributed by atoms with Crippen LogP contribution in [0.5, 0.6) is 0 Å². The van der Waals surface area contributed by atoms with Crippen LogP contribution in [0.25, 0.3) is 0 Å². The lowest BCUT2D eigenvalue weighted by Gasteiger charge is -2.31. The van der Waals surface area contributed by atoms with Gasteiger partial charge in [-0.25, -0.2) is 0 Å². The molecule has 0 aromatic heterocycles. The number of hydrogen-bond donors (Lipinski definition) is 1. The van der Waals surface area contributed by atoms with Crippen molar-refractivity contribution in [1.29, 1.82) is 0 Å². The standard InChI is InChI=1S/C24H48N2O3/c1-2-3-4-5-6-7-8-9-12-23-29-24(28)15-13-18-26(21-22-27)17-11-10-16-25-19-14-20-25/h27H,2-23H2,1H3. The highest BCUT2D eigenvalue weighted by atomic mass is 16.5. The molecule has 1 rings (SSSR count). The maximum atomic E-state index is 11.9. The number of likely N-dealkylation sites (tertiary alicyclic amines) is 1. The summed E-state index contributed by atoms with van der Waals surface area (Å²) in [4.78, 5) is 16.7. The predicted molar refractivity (Wildman–Crippen MR) is 121 cm³/mol. The minimum Gasteiger partial charge on any atom is -0.466 e. The number of rotatable bonds is 21. The summed E-state index contributed by atoms with van der Waals surface area (Å²) in [5.74, 6) is -0.0636. The smallest absolute Gasteiger partial charge is 0.305 e. The fourth-order valence-corrected chi connectivity index (χ4v) is 3.87. The van der Waals surface area contributed by atoms with Crippen molar-refractivity contribution >= 4 is 5.97 Å². The number of aliphatic hydroxyl groups excluding tert-OH is 1. The number of ether oxygens (including phenoxy) is 1. The van der Waals surface area contributed by atoms with E-state index in [1.807, 2.05) is 0 Å².